The van der Waals surface area contributed by atoms with Crippen LogP contribution in [0.5, 0.6) is 0 Å². The van der Waals surface area contributed by atoms with Crippen molar-refractivity contribution in [3.63, 3.8) is 0 Å². The molecule has 0 aliphatic carbocycles. The minimum absolute atomic E-state index is 0.132. The maximum Gasteiger partial charge on any atom is 0.256 e. The average Bonchev–Trinajstić information content (AvgIpc) is 2.42. The SMILES string of the molecule is CCCC(C)(O)C(=O)Nc1cc(NC(=O)CC)ccc1Cl. The number of amides is 2. The van der Waals surface area contributed by atoms with Crippen LogP contribution in [-0.2, 0) is 9.59 Å². The molecule has 1 rings (SSSR count). The lowest BCUT2D eigenvalue weighted by molar-refractivity contribution is -0.133. The van der Waals surface area contributed by atoms with Gasteiger partial charge in [0, 0.05) is 12.1 Å². The van der Waals surface area contributed by atoms with Gasteiger partial charge in [0.1, 0.15) is 5.60 Å². The highest BCUT2D eigenvalue weighted by molar-refractivity contribution is 6.34. The van der Waals surface area contributed by atoms with E-state index in [2.05, 4.69) is 10.6 Å². The quantitative estimate of drug-likeness (QED) is 0.755. The summed E-state index contributed by atoms with van der Waals surface area (Å²) in [6.07, 6.45) is 1.39. The van der Waals surface area contributed by atoms with Crippen molar-refractivity contribution in [3.8, 4) is 0 Å². The largest absolute Gasteiger partial charge is 0.380 e. The second-order valence-corrected chi connectivity index (χ2v) is 5.48. The number of benzene rings is 1. The standard InChI is InChI=1S/C15H21ClN2O3/c1-4-8-15(3,21)14(20)18-12-9-10(6-7-11(12)16)17-13(19)5-2/h6-7,9,21H,4-5,8H2,1-3H3,(H,17,19)(H,18,20). The first-order valence-electron chi connectivity index (χ1n) is 6.93. The summed E-state index contributed by atoms with van der Waals surface area (Å²) in [5.74, 6) is -0.655. The summed E-state index contributed by atoms with van der Waals surface area (Å²) in [5.41, 5.74) is -0.565. The molecule has 3 N–H and O–H groups in total. The van der Waals surface area contributed by atoms with Gasteiger partial charge in [-0.15, -0.1) is 0 Å². The minimum atomic E-state index is -1.46. The Morgan fingerprint density at radius 2 is 1.95 bits per heavy atom. The van der Waals surface area contributed by atoms with Crippen molar-refractivity contribution < 1.29 is 14.7 Å². The van der Waals surface area contributed by atoms with Crippen LogP contribution in [0.1, 0.15) is 40.0 Å². The number of nitrogens with one attached hydrogen (secondary N) is 2. The van der Waals surface area contributed by atoms with Gasteiger partial charge in [0.05, 0.1) is 10.7 Å². The smallest absolute Gasteiger partial charge is 0.256 e. The van der Waals surface area contributed by atoms with E-state index < -0.39 is 11.5 Å². The molecule has 1 aromatic rings. The van der Waals surface area contributed by atoms with E-state index in [0.717, 1.165) is 0 Å². The van der Waals surface area contributed by atoms with E-state index in [1.807, 2.05) is 6.92 Å². The van der Waals surface area contributed by atoms with E-state index >= 15 is 0 Å². The number of hydrogen-bond donors (Lipinski definition) is 3. The summed E-state index contributed by atoms with van der Waals surface area (Å²) >= 11 is 6.03. The molecular weight excluding hydrogens is 292 g/mol. The maximum atomic E-state index is 12.1. The minimum Gasteiger partial charge on any atom is -0.380 e. The Kier molecular flexibility index (Phi) is 6.18. The normalized spacial score (nSPS) is 13.4. The van der Waals surface area contributed by atoms with E-state index in [4.69, 9.17) is 11.6 Å². The van der Waals surface area contributed by atoms with Gasteiger partial charge < -0.3 is 15.7 Å². The highest BCUT2D eigenvalue weighted by Gasteiger charge is 2.29. The number of carbonyl (C=O) groups is 2. The zero-order valence-electron chi connectivity index (χ0n) is 12.5. The van der Waals surface area contributed by atoms with Gasteiger partial charge in [-0.25, -0.2) is 0 Å². The molecule has 0 saturated heterocycles. The number of carbonyl (C=O) groups excluding carboxylic acids is 2. The third-order valence-electron chi connectivity index (χ3n) is 3.05. The van der Waals surface area contributed by atoms with Crippen LogP contribution in [0.3, 0.4) is 0 Å². The maximum absolute atomic E-state index is 12.1. The van der Waals surface area contributed by atoms with Gasteiger partial charge in [-0.3, -0.25) is 9.59 Å². The molecule has 0 saturated carbocycles. The monoisotopic (exact) mass is 312 g/mol. The zero-order valence-corrected chi connectivity index (χ0v) is 13.3. The molecule has 1 atom stereocenters. The molecule has 0 spiro atoms. The lowest BCUT2D eigenvalue weighted by Gasteiger charge is -2.22. The third kappa shape index (κ3) is 5.02. The molecule has 116 valence electrons. The Labute approximate surface area is 129 Å². The average molecular weight is 313 g/mol. The topological polar surface area (TPSA) is 78.4 Å². The highest BCUT2D eigenvalue weighted by atomic mass is 35.5. The summed E-state index contributed by atoms with van der Waals surface area (Å²) in [6, 6.07) is 4.79. The number of anilines is 2. The predicted octanol–water partition coefficient (Wildman–Crippen LogP) is 3.18. The van der Waals surface area contributed by atoms with Gasteiger partial charge >= 0.3 is 0 Å². The van der Waals surface area contributed by atoms with Crippen molar-refractivity contribution in [1.29, 1.82) is 0 Å². The van der Waals surface area contributed by atoms with Gasteiger partial charge in [-0.1, -0.05) is 31.9 Å². The van der Waals surface area contributed by atoms with Gasteiger partial charge in [-0.05, 0) is 31.5 Å². The fraction of sp³-hybridized carbons (Fsp3) is 0.467. The molecule has 0 aliphatic heterocycles. The van der Waals surface area contributed by atoms with E-state index in [-0.39, 0.29) is 5.91 Å². The predicted molar refractivity (Wildman–Crippen MR) is 84.5 cm³/mol. The van der Waals surface area contributed by atoms with E-state index in [0.29, 0.717) is 35.7 Å². The summed E-state index contributed by atoms with van der Waals surface area (Å²) < 4.78 is 0. The molecular formula is C15H21ClN2O3. The molecule has 0 aliphatic rings. The zero-order chi connectivity index (χ0) is 16.0. The lowest BCUT2D eigenvalue weighted by Crippen LogP contribution is -2.39. The molecule has 1 aromatic carbocycles. The molecule has 0 bridgehead atoms. The second-order valence-electron chi connectivity index (χ2n) is 5.07. The lowest BCUT2D eigenvalue weighted by atomic mass is 9.99. The van der Waals surface area contributed by atoms with E-state index in [1.54, 1.807) is 25.1 Å². The van der Waals surface area contributed by atoms with Gasteiger partial charge in [0.2, 0.25) is 5.91 Å². The molecule has 6 heteroatoms. The highest BCUT2D eigenvalue weighted by Crippen LogP contribution is 2.27. The fourth-order valence-corrected chi connectivity index (χ4v) is 1.97. The van der Waals surface area contributed by atoms with Crippen LogP contribution in [0.2, 0.25) is 5.02 Å². The number of aliphatic hydroxyl groups is 1. The number of halogens is 1. The molecule has 0 fully saturated rings. The van der Waals surface area contributed by atoms with Crippen molar-refractivity contribution >= 4 is 34.8 Å². The van der Waals surface area contributed by atoms with Crippen LogP contribution in [0, 0.1) is 0 Å². The molecule has 21 heavy (non-hydrogen) atoms. The van der Waals surface area contributed by atoms with Crippen LogP contribution in [0.4, 0.5) is 11.4 Å². The molecule has 1 unspecified atom stereocenters. The molecule has 0 radical (unpaired) electrons. The van der Waals surface area contributed by atoms with Crippen LogP contribution in [0.15, 0.2) is 18.2 Å². The Hall–Kier alpha value is -1.59. The third-order valence-corrected chi connectivity index (χ3v) is 3.37. The first kappa shape index (κ1) is 17.5. The van der Waals surface area contributed by atoms with Crippen LogP contribution in [-0.4, -0.2) is 22.5 Å². The second kappa shape index (κ2) is 7.43. The molecule has 2 amide bonds. The summed E-state index contributed by atoms with van der Waals surface area (Å²) in [7, 11) is 0. The Balaban J connectivity index is 2.90. The van der Waals surface area contributed by atoms with Gasteiger partial charge in [0.15, 0.2) is 0 Å². The summed E-state index contributed by atoms with van der Waals surface area (Å²) in [5, 5.41) is 15.7. The van der Waals surface area contributed by atoms with Crippen molar-refractivity contribution in [2.45, 2.75) is 45.6 Å². The van der Waals surface area contributed by atoms with Gasteiger partial charge in [-0.2, -0.15) is 0 Å². The van der Waals surface area contributed by atoms with E-state index in [9.17, 15) is 14.7 Å². The van der Waals surface area contributed by atoms with E-state index in [1.165, 1.54) is 6.92 Å². The van der Waals surface area contributed by atoms with Gasteiger partial charge in [0.25, 0.3) is 5.91 Å². The Bertz CT molecular complexity index is 530. The Morgan fingerprint density at radius 1 is 1.29 bits per heavy atom. The first-order chi connectivity index (χ1) is 9.80. The van der Waals surface area contributed by atoms with Crippen LogP contribution in [0.25, 0.3) is 0 Å². The van der Waals surface area contributed by atoms with Crippen molar-refractivity contribution in [2.75, 3.05) is 10.6 Å². The van der Waals surface area contributed by atoms with Crippen molar-refractivity contribution in [3.05, 3.63) is 23.2 Å². The number of rotatable bonds is 6. The first-order valence-corrected chi connectivity index (χ1v) is 7.31. The van der Waals surface area contributed by atoms with Crippen molar-refractivity contribution in [2.24, 2.45) is 0 Å². The van der Waals surface area contributed by atoms with Crippen LogP contribution >= 0.6 is 11.6 Å². The van der Waals surface area contributed by atoms with Crippen molar-refractivity contribution in [1.82, 2.24) is 0 Å². The molecule has 0 aromatic heterocycles. The Morgan fingerprint density at radius 3 is 2.52 bits per heavy atom. The molecule has 5 nitrogen and oxygen atoms in total. The summed E-state index contributed by atoms with van der Waals surface area (Å²) in [4.78, 5) is 23.4. The molecule has 0 heterocycles. The number of hydrogen-bond acceptors (Lipinski definition) is 3. The van der Waals surface area contributed by atoms with Crippen LogP contribution < -0.4 is 10.6 Å². The summed E-state index contributed by atoms with van der Waals surface area (Å²) in [6.45, 7) is 5.09. The fourth-order valence-electron chi connectivity index (χ4n) is 1.81.